The van der Waals surface area contributed by atoms with Crippen LogP contribution in [0.1, 0.15) is 0 Å². The van der Waals surface area contributed by atoms with Gasteiger partial charge in [-0.05, 0) is 0 Å². The Morgan fingerprint density at radius 1 is 1.40 bits per heavy atom. The van der Waals surface area contributed by atoms with E-state index in [0.717, 1.165) is 0 Å². The van der Waals surface area contributed by atoms with Crippen molar-refractivity contribution in [3.05, 3.63) is 0 Å². The first-order valence-corrected chi connectivity index (χ1v) is 1.95. The molecule has 0 radical (unpaired) electrons. The van der Waals surface area contributed by atoms with Crippen LogP contribution >= 0.6 is 0 Å². The van der Waals surface area contributed by atoms with E-state index in [0.29, 0.717) is 0 Å². The zero-order valence-electron chi connectivity index (χ0n) is 1.80. The molecule has 0 saturated carbocycles. The molecule has 0 rings (SSSR count). The third kappa shape index (κ3) is 41.7. The zero-order chi connectivity index (χ0) is 3.58. The monoisotopic (exact) mass is 108 g/mol. The van der Waals surface area contributed by atoms with E-state index < -0.39 is 11.4 Å². The molecule has 0 aliphatic carbocycles. The van der Waals surface area contributed by atoms with E-state index in [1.165, 1.54) is 0 Å². The summed E-state index contributed by atoms with van der Waals surface area (Å²) in [5.41, 5.74) is 0. The van der Waals surface area contributed by atoms with Crippen LogP contribution in [0.3, 0.4) is 0 Å². The van der Waals surface area contributed by atoms with Gasteiger partial charge in [-0.1, -0.05) is 0 Å². The molecule has 0 aliphatic heterocycles. The van der Waals surface area contributed by atoms with Crippen LogP contribution in [-0.4, -0.2) is 42.9 Å². The summed E-state index contributed by atoms with van der Waals surface area (Å²) >= 11 is -3.13. The summed E-state index contributed by atoms with van der Waals surface area (Å²) in [7, 11) is 0. The van der Waals surface area contributed by atoms with Crippen LogP contribution in [0.5, 0.6) is 0 Å². The van der Waals surface area contributed by atoms with Gasteiger partial charge in [-0.2, -0.15) is 0 Å². The summed E-state index contributed by atoms with van der Waals surface area (Å²) in [5, 5.41) is 0. The van der Waals surface area contributed by atoms with E-state index in [9.17, 15) is 0 Å². The van der Waals surface area contributed by atoms with E-state index >= 15 is 0 Å². The first-order valence-electron chi connectivity index (χ1n) is 0.651. The van der Waals surface area contributed by atoms with Gasteiger partial charge in [0.25, 0.3) is 0 Å². The van der Waals surface area contributed by atoms with E-state index in [1.807, 2.05) is 0 Å². The van der Waals surface area contributed by atoms with Crippen molar-refractivity contribution in [2.75, 3.05) is 0 Å². The second-order valence-corrected chi connectivity index (χ2v) is 0.848. The van der Waals surface area contributed by atoms with Gasteiger partial charge >= 0.3 is 29.6 Å². The van der Waals surface area contributed by atoms with Gasteiger partial charge in [-0.3, -0.25) is 0 Å². The fourth-order valence-electron chi connectivity index (χ4n) is 0. The van der Waals surface area contributed by atoms with Crippen molar-refractivity contribution in [2.45, 2.75) is 0 Å². The maximum absolute atomic E-state index is 8.74. The SMILES string of the molecule is O=[SH2](O)O.[NaH]. The standard InChI is InChI=1S/Na.H4O3S.H/c;1-4(2)3;/h;4H2,(H2,1,2,3);. The van der Waals surface area contributed by atoms with Crippen LogP contribution in [0.4, 0.5) is 0 Å². The molecule has 0 saturated heterocycles. The molecule has 0 spiro atoms. The summed E-state index contributed by atoms with van der Waals surface area (Å²) in [6.07, 6.45) is 0. The average Bonchev–Trinajstić information content (AvgIpc) is 0.811. The molecule has 2 N–H and O–H groups in total. The van der Waals surface area contributed by atoms with Gasteiger partial charge in [0.2, 0.25) is 0 Å². The van der Waals surface area contributed by atoms with Crippen molar-refractivity contribution in [3.8, 4) is 0 Å². The Bertz CT molecular complexity index is 29.9. The van der Waals surface area contributed by atoms with Crippen LogP contribution in [0.25, 0.3) is 0 Å². The molecule has 0 aromatic heterocycles. The van der Waals surface area contributed by atoms with Crippen molar-refractivity contribution in [1.29, 1.82) is 0 Å². The first kappa shape index (κ1) is 9.42. The molecule has 0 atom stereocenters. The molecule has 5 heteroatoms. The number of hydrogen-bond donors (Lipinski definition) is 2. The van der Waals surface area contributed by atoms with Gasteiger partial charge in [0.05, 0.1) is 11.4 Å². The minimum absolute atomic E-state index is 0. The molecule has 0 heterocycles. The van der Waals surface area contributed by atoms with Crippen LogP contribution in [0, 0.1) is 0 Å². The Hall–Kier alpha value is 1.07. The predicted octanol–water partition coefficient (Wildman–Crippen LogP) is -1.50. The van der Waals surface area contributed by atoms with Crippen LogP contribution < -0.4 is 0 Å². The van der Waals surface area contributed by atoms with E-state index in [-0.39, 0.29) is 29.6 Å². The molecule has 30 valence electrons. The summed E-state index contributed by atoms with van der Waals surface area (Å²) in [6.45, 7) is 0. The Labute approximate surface area is 54.2 Å². The summed E-state index contributed by atoms with van der Waals surface area (Å²) in [6, 6.07) is 0. The van der Waals surface area contributed by atoms with Gasteiger partial charge < -0.3 is 9.11 Å². The van der Waals surface area contributed by atoms with Gasteiger partial charge in [-0.15, -0.1) is 0 Å². The molecular weight excluding hydrogens is 103 g/mol. The zero-order valence-corrected chi connectivity index (χ0v) is 2.80. The topological polar surface area (TPSA) is 57.5 Å². The Kier molecular flexibility index (Phi) is 9.55. The normalized spacial score (nSPS) is 8.80. The second-order valence-electron chi connectivity index (χ2n) is 0.283. The van der Waals surface area contributed by atoms with Crippen LogP contribution in [0.2, 0.25) is 0 Å². The molecular formula is H5NaO3S. The molecule has 0 aromatic rings. The van der Waals surface area contributed by atoms with Crippen molar-refractivity contribution in [3.63, 3.8) is 0 Å². The Morgan fingerprint density at radius 3 is 1.40 bits per heavy atom. The number of hydrogen-bond acceptors (Lipinski definition) is 1. The fourth-order valence-corrected chi connectivity index (χ4v) is 0. The Morgan fingerprint density at radius 2 is 1.40 bits per heavy atom. The minimum atomic E-state index is -3.13. The van der Waals surface area contributed by atoms with Gasteiger partial charge in [-0.25, -0.2) is 4.21 Å². The van der Waals surface area contributed by atoms with Crippen molar-refractivity contribution >= 4 is 40.9 Å². The molecule has 0 unspecified atom stereocenters. The van der Waals surface area contributed by atoms with Crippen LogP contribution in [-0.2, 0) is 11.4 Å². The fraction of sp³-hybridized carbons (Fsp3) is 0. The van der Waals surface area contributed by atoms with Gasteiger partial charge in [0.15, 0.2) is 0 Å². The quantitative estimate of drug-likeness (QED) is 0.371. The number of rotatable bonds is 0. The predicted molar refractivity (Wildman–Crippen MR) is 23.3 cm³/mol. The molecule has 3 nitrogen and oxygen atoms in total. The van der Waals surface area contributed by atoms with E-state index in [2.05, 4.69) is 0 Å². The summed E-state index contributed by atoms with van der Waals surface area (Å²) in [5.74, 6) is 0. The third-order valence-electron chi connectivity index (χ3n) is 0. The van der Waals surface area contributed by atoms with Gasteiger partial charge in [0.1, 0.15) is 0 Å². The summed E-state index contributed by atoms with van der Waals surface area (Å²) < 4.78 is 23.1. The molecule has 0 fully saturated rings. The molecule has 0 aromatic carbocycles. The first-order chi connectivity index (χ1) is 1.73. The van der Waals surface area contributed by atoms with Crippen molar-refractivity contribution in [2.24, 2.45) is 0 Å². The third-order valence-corrected chi connectivity index (χ3v) is 0. The van der Waals surface area contributed by atoms with E-state index in [4.69, 9.17) is 13.3 Å². The van der Waals surface area contributed by atoms with Crippen molar-refractivity contribution in [1.82, 2.24) is 0 Å². The molecule has 0 amide bonds. The Balaban J connectivity index is 0. The van der Waals surface area contributed by atoms with Crippen molar-refractivity contribution < 1.29 is 13.3 Å². The molecule has 0 aliphatic rings. The molecule has 5 heavy (non-hydrogen) atoms. The van der Waals surface area contributed by atoms with Gasteiger partial charge in [0, 0.05) is 0 Å². The average molecular weight is 108 g/mol. The second kappa shape index (κ2) is 5.07. The maximum atomic E-state index is 8.74. The van der Waals surface area contributed by atoms with Crippen LogP contribution in [0.15, 0.2) is 0 Å². The molecule has 0 bridgehead atoms. The van der Waals surface area contributed by atoms with E-state index in [1.54, 1.807) is 0 Å². The summed E-state index contributed by atoms with van der Waals surface area (Å²) in [4.78, 5) is 0.